The number of hydrogen-bond acceptors (Lipinski definition) is 2. The number of hydrogen-bond donors (Lipinski definition) is 2. The monoisotopic (exact) mass is 345 g/mol. The molecule has 1 aliphatic rings. The van der Waals surface area contributed by atoms with Crippen LogP contribution in [0, 0.1) is 12.8 Å². The normalized spacial score (nSPS) is 19.4. The average Bonchev–Trinajstić information content (AvgIpc) is 3.31. The van der Waals surface area contributed by atoms with Crippen molar-refractivity contribution in [2.24, 2.45) is 5.92 Å². The first-order chi connectivity index (χ1) is 12.7. The van der Waals surface area contributed by atoms with E-state index in [1.54, 1.807) is 0 Å². The number of carbonyl (C=O) groups is 1. The second-order valence-electron chi connectivity index (χ2n) is 7.05. The first-order valence-corrected chi connectivity index (χ1v) is 9.18. The quantitative estimate of drug-likeness (QED) is 0.706. The summed E-state index contributed by atoms with van der Waals surface area (Å²) in [6.45, 7) is 1.94. The van der Waals surface area contributed by atoms with Gasteiger partial charge in [-0.3, -0.25) is 9.89 Å². The van der Waals surface area contributed by atoms with Gasteiger partial charge in [0.25, 0.3) is 0 Å². The van der Waals surface area contributed by atoms with Crippen LogP contribution in [0.2, 0.25) is 0 Å². The maximum absolute atomic E-state index is 12.9. The van der Waals surface area contributed by atoms with Crippen LogP contribution in [0.1, 0.15) is 36.4 Å². The lowest BCUT2D eigenvalue weighted by molar-refractivity contribution is -0.119. The summed E-state index contributed by atoms with van der Waals surface area (Å²) in [6, 6.07) is 20.5. The van der Waals surface area contributed by atoms with E-state index in [0.29, 0.717) is 5.92 Å². The molecule has 1 aliphatic carbocycles. The Morgan fingerprint density at radius 2 is 1.73 bits per heavy atom. The van der Waals surface area contributed by atoms with Gasteiger partial charge in [0, 0.05) is 11.5 Å². The Labute approximate surface area is 153 Å². The van der Waals surface area contributed by atoms with E-state index < -0.39 is 0 Å². The number of nitrogens with zero attached hydrogens (tertiary/aromatic N) is 1. The average molecular weight is 345 g/mol. The van der Waals surface area contributed by atoms with Crippen molar-refractivity contribution in [2.75, 3.05) is 5.32 Å². The lowest BCUT2D eigenvalue weighted by Gasteiger charge is -2.13. The largest absolute Gasteiger partial charge is 0.322 e. The lowest BCUT2D eigenvalue weighted by atomic mass is 9.96. The third-order valence-corrected chi connectivity index (χ3v) is 5.32. The predicted octanol–water partition coefficient (Wildman–Crippen LogP) is 4.91. The van der Waals surface area contributed by atoms with Crippen molar-refractivity contribution in [3.05, 3.63) is 71.9 Å². The summed E-state index contributed by atoms with van der Waals surface area (Å²) in [4.78, 5) is 12.9. The smallest absolute Gasteiger partial charge is 0.227 e. The summed E-state index contributed by atoms with van der Waals surface area (Å²) in [5.41, 5.74) is 4.82. The Morgan fingerprint density at radius 1 is 1.04 bits per heavy atom. The number of nitrogens with one attached hydrogen (secondary N) is 2. The highest BCUT2D eigenvalue weighted by molar-refractivity contribution is 5.97. The van der Waals surface area contributed by atoms with E-state index in [0.717, 1.165) is 41.9 Å². The molecule has 2 N–H and O–H groups in total. The van der Waals surface area contributed by atoms with Crippen LogP contribution in [0.4, 0.5) is 5.69 Å². The molecule has 0 bridgehead atoms. The highest BCUT2D eigenvalue weighted by atomic mass is 16.1. The molecule has 0 unspecified atom stereocenters. The molecule has 2 aromatic carbocycles. The van der Waals surface area contributed by atoms with E-state index in [1.807, 2.05) is 43.3 Å². The minimum atomic E-state index is 0.0538. The number of H-pyrrole nitrogens is 1. The van der Waals surface area contributed by atoms with Crippen LogP contribution in [0.5, 0.6) is 0 Å². The van der Waals surface area contributed by atoms with Crippen molar-refractivity contribution in [2.45, 2.75) is 32.1 Å². The number of amides is 1. The van der Waals surface area contributed by atoms with Crippen LogP contribution in [0.15, 0.2) is 60.7 Å². The Hall–Kier alpha value is -2.88. The van der Waals surface area contributed by atoms with Crippen molar-refractivity contribution >= 4 is 11.6 Å². The van der Waals surface area contributed by atoms with E-state index >= 15 is 0 Å². The van der Waals surface area contributed by atoms with Gasteiger partial charge in [-0.2, -0.15) is 5.10 Å². The fraction of sp³-hybridized carbons (Fsp3) is 0.273. The molecule has 2 atom stereocenters. The number of aromatic amines is 1. The molecule has 1 amide bonds. The minimum Gasteiger partial charge on any atom is -0.322 e. The number of carbonyl (C=O) groups excluding carboxylic acids is 1. The summed E-state index contributed by atoms with van der Waals surface area (Å²) in [5.74, 6) is 0.634. The zero-order valence-electron chi connectivity index (χ0n) is 14.9. The molecule has 3 aromatic rings. The highest BCUT2D eigenvalue weighted by Crippen LogP contribution is 2.39. The van der Waals surface area contributed by atoms with Crippen molar-refractivity contribution in [1.82, 2.24) is 10.2 Å². The third kappa shape index (κ3) is 3.27. The Kier molecular flexibility index (Phi) is 4.57. The highest BCUT2D eigenvalue weighted by Gasteiger charge is 2.31. The van der Waals surface area contributed by atoms with Crippen molar-refractivity contribution in [3.63, 3.8) is 0 Å². The molecule has 0 saturated heterocycles. The van der Waals surface area contributed by atoms with Crippen molar-refractivity contribution in [3.8, 4) is 11.3 Å². The van der Waals surface area contributed by atoms with Crippen LogP contribution in [0.25, 0.3) is 11.3 Å². The summed E-state index contributed by atoms with van der Waals surface area (Å²) in [5, 5.41) is 10.5. The van der Waals surface area contributed by atoms with Gasteiger partial charge in [-0.15, -0.1) is 0 Å². The van der Waals surface area contributed by atoms with Crippen molar-refractivity contribution < 1.29 is 4.79 Å². The van der Waals surface area contributed by atoms with E-state index in [4.69, 9.17) is 0 Å². The van der Waals surface area contributed by atoms with Gasteiger partial charge < -0.3 is 5.32 Å². The van der Waals surface area contributed by atoms with E-state index in [2.05, 4.69) is 39.8 Å². The van der Waals surface area contributed by atoms with Crippen LogP contribution < -0.4 is 5.32 Å². The summed E-state index contributed by atoms with van der Waals surface area (Å²) < 4.78 is 0. The van der Waals surface area contributed by atoms with Gasteiger partial charge in [0.1, 0.15) is 5.69 Å². The van der Waals surface area contributed by atoms with Gasteiger partial charge in [0.15, 0.2) is 0 Å². The Morgan fingerprint density at radius 3 is 2.46 bits per heavy atom. The number of rotatable bonds is 4. The number of benzene rings is 2. The van der Waals surface area contributed by atoms with E-state index in [-0.39, 0.29) is 11.8 Å². The van der Waals surface area contributed by atoms with E-state index in [1.165, 1.54) is 5.56 Å². The minimum absolute atomic E-state index is 0.0538. The zero-order valence-corrected chi connectivity index (χ0v) is 14.9. The van der Waals surface area contributed by atoms with Crippen molar-refractivity contribution in [1.29, 1.82) is 0 Å². The molecule has 0 spiro atoms. The molecule has 4 rings (SSSR count). The molecule has 1 aromatic heterocycles. The van der Waals surface area contributed by atoms with Crippen LogP contribution in [0.3, 0.4) is 0 Å². The lowest BCUT2D eigenvalue weighted by Crippen LogP contribution is -2.21. The molecule has 1 fully saturated rings. The van der Waals surface area contributed by atoms with Gasteiger partial charge in [-0.1, -0.05) is 60.7 Å². The number of aryl methyl sites for hydroxylation is 1. The van der Waals surface area contributed by atoms with Gasteiger partial charge in [-0.05, 0) is 37.7 Å². The molecular formula is C22H23N3O. The van der Waals surface area contributed by atoms with Crippen LogP contribution in [-0.4, -0.2) is 16.1 Å². The van der Waals surface area contributed by atoms with Gasteiger partial charge in [-0.25, -0.2) is 0 Å². The maximum Gasteiger partial charge on any atom is 0.227 e. The van der Waals surface area contributed by atoms with E-state index in [9.17, 15) is 4.79 Å². The SMILES string of the molecule is Cc1[nH]nc(-c2ccccc2)c1NC(=O)[C@@H]1CC[C@@H](c2ccccc2)C1. The fourth-order valence-electron chi connectivity index (χ4n) is 3.86. The summed E-state index contributed by atoms with van der Waals surface area (Å²) in [6.07, 6.45) is 2.91. The molecule has 0 aliphatic heterocycles. The molecule has 0 radical (unpaired) electrons. The molecule has 4 heteroatoms. The predicted molar refractivity (Wildman–Crippen MR) is 104 cm³/mol. The first-order valence-electron chi connectivity index (χ1n) is 9.18. The van der Waals surface area contributed by atoms with Gasteiger partial charge in [0.2, 0.25) is 5.91 Å². The Balaban J connectivity index is 1.49. The first kappa shape index (κ1) is 16.6. The fourth-order valence-corrected chi connectivity index (χ4v) is 3.86. The maximum atomic E-state index is 12.9. The Bertz CT molecular complexity index is 886. The molecule has 1 heterocycles. The zero-order chi connectivity index (χ0) is 17.9. The number of anilines is 1. The standard InChI is InChI=1S/C22H23N3O/c1-15-20(21(25-24-15)17-10-6-3-7-11-17)23-22(26)19-13-12-18(14-19)16-8-4-2-5-9-16/h2-11,18-19H,12-14H2,1H3,(H,23,26)(H,24,25)/t18-,19-/m1/s1. The molecule has 4 nitrogen and oxygen atoms in total. The van der Waals surface area contributed by atoms with Gasteiger partial charge >= 0.3 is 0 Å². The topological polar surface area (TPSA) is 57.8 Å². The summed E-state index contributed by atoms with van der Waals surface area (Å²) in [7, 11) is 0. The second-order valence-corrected chi connectivity index (χ2v) is 7.05. The van der Waals surface area contributed by atoms with Crippen LogP contribution >= 0.6 is 0 Å². The molecule has 26 heavy (non-hydrogen) atoms. The molecule has 132 valence electrons. The molecule has 1 saturated carbocycles. The van der Waals surface area contributed by atoms with Gasteiger partial charge in [0.05, 0.1) is 11.4 Å². The second kappa shape index (κ2) is 7.16. The number of aromatic nitrogens is 2. The summed E-state index contributed by atoms with van der Waals surface area (Å²) >= 11 is 0. The third-order valence-electron chi connectivity index (χ3n) is 5.32. The van der Waals surface area contributed by atoms with Crippen LogP contribution in [-0.2, 0) is 4.79 Å². The molecular weight excluding hydrogens is 322 g/mol.